The molecule has 2 rings (SSSR count). The minimum Gasteiger partial charge on any atom is -0.306 e. The van der Waals surface area contributed by atoms with Crippen molar-refractivity contribution in [2.24, 2.45) is 0 Å². The number of nitrogens with zero attached hydrogens (tertiary/aromatic N) is 1. The molecule has 0 amide bonds. The Labute approximate surface area is 128 Å². The van der Waals surface area contributed by atoms with Crippen molar-refractivity contribution in [3.63, 3.8) is 0 Å². The lowest BCUT2D eigenvalue weighted by molar-refractivity contribution is -0.384. The molecule has 0 aliphatic heterocycles. The Bertz CT molecular complexity index is 658. The van der Waals surface area contributed by atoms with Gasteiger partial charge < -0.3 is 5.32 Å². The second kappa shape index (κ2) is 6.70. The largest absolute Gasteiger partial charge is 0.306 e. The van der Waals surface area contributed by atoms with Crippen LogP contribution >= 0.6 is 11.6 Å². The van der Waals surface area contributed by atoms with Crippen LogP contribution in [-0.2, 0) is 6.54 Å². The van der Waals surface area contributed by atoms with Crippen LogP contribution in [0, 0.1) is 17.0 Å². The van der Waals surface area contributed by atoms with Gasteiger partial charge in [-0.3, -0.25) is 10.1 Å². The van der Waals surface area contributed by atoms with Crippen LogP contribution in [0.2, 0.25) is 5.02 Å². The van der Waals surface area contributed by atoms with Crippen LogP contribution in [0.25, 0.3) is 0 Å². The quantitative estimate of drug-likeness (QED) is 0.657. The number of halogens is 1. The van der Waals surface area contributed by atoms with E-state index >= 15 is 0 Å². The summed E-state index contributed by atoms with van der Waals surface area (Å²) in [7, 11) is 0. The Kier molecular flexibility index (Phi) is 4.94. The molecule has 1 atom stereocenters. The number of nitro benzene ring substituents is 1. The molecule has 21 heavy (non-hydrogen) atoms. The van der Waals surface area contributed by atoms with Crippen molar-refractivity contribution in [1.29, 1.82) is 0 Å². The third-order valence-corrected chi connectivity index (χ3v) is 3.86. The molecular weight excluding hydrogens is 288 g/mol. The zero-order valence-electron chi connectivity index (χ0n) is 12.0. The van der Waals surface area contributed by atoms with Crippen molar-refractivity contribution in [2.45, 2.75) is 26.4 Å². The van der Waals surface area contributed by atoms with E-state index in [2.05, 4.69) is 31.3 Å². The van der Waals surface area contributed by atoms with Gasteiger partial charge in [-0.25, -0.2) is 0 Å². The van der Waals surface area contributed by atoms with E-state index in [9.17, 15) is 10.1 Å². The number of non-ortho nitro benzene ring substituents is 1. The van der Waals surface area contributed by atoms with E-state index in [1.54, 1.807) is 6.07 Å². The van der Waals surface area contributed by atoms with Gasteiger partial charge in [-0.2, -0.15) is 0 Å². The van der Waals surface area contributed by atoms with Gasteiger partial charge in [0, 0.05) is 29.7 Å². The van der Waals surface area contributed by atoms with E-state index in [1.165, 1.54) is 23.3 Å². The van der Waals surface area contributed by atoms with Crippen molar-refractivity contribution in [2.75, 3.05) is 0 Å². The molecule has 2 aromatic carbocycles. The van der Waals surface area contributed by atoms with Crippen LogP contribution in [-0.4, -0.2) is 4.92 Å². The Morgan fingerprint density at radius 2 is 2.00 bits per heavy atom. The summed E-state index contributed by atoms with van der Waals surface area (Å²) in [6.07, 6.45) is 0. The first-order chi connectivity index (χ1) is 9.99. The monoisotopic (exact) mass is 304 g/mol. The predicted molar refractivity (Wildman–Crippen MR) is 84.5 cm³/mol. The predicted octanol–water partition coefficient (Wildman–Crippen LogP) is 4.41. The molecule has 0 saturated heterocycles. The van der Waals surface area contributed by atoms with Gasteiger partial charge in [-0.1, -0.05) is 35.9 Å². The van der Waals surface area contributed by atoms with Crippen LogP contribution in [0.1, 0.15) is 29.7 Å². The van der Waals surface area contributed by atoms with Crippen LogP contribution in [0.4, 0.5) is 5.69 Å². The zero-order valence-corrected chi connectivity index (χ0v) is 12.7. The number of hydrogen-bond donors (Lipinski definition) is 1. The first-order valence-electron chi connectivity index (χ1n) is 6.70. The molecule has 1 N–H and O–H groups in total. The highest BCUT2D eigenvalue weighted by atomic mass is 35.5. The highest BCUT2D eigenvalue weighted by molar-refractivity contribution is 6.31. The van der Waals surface area contributed by atoms with Gasteiger partial charge in [0.2, 0.25) is 0 Å². The minimum atomic E-state index is -0.412. The van der Waals surface area contributed by atoms with Gasteiger partial charge in [0.05, 0.1) is 4.92 Å². The van der Waals surface area contributed by atoms with Gasteiger partial charge in [-0.05, 0) is 36.6 Å². The van der Waals surface area contributed by atoms with Crippen LogP contribution in [0.3, 0.4) is 0 Å². The SMILES string of the molecule is Cc1ccccc1[C@@H](C)NCc1cc([N+](=O)[O-])ccc1Cl. The van der Waals surface area contributed by atoms with Crippen LogP contribution in [0.15, 0.2) is 42.5 Å². The molecule has 0 unspecified atom stereocenters. The van der Waals surface area contributed by atoms with Gasteiger partial charge in [0.1, 0.15) is 0 Å². The highest BCUT2D eigenvalue weighted by Crippen LogP contribution is 2.23. The molecule has 110 valence electrons. The maximum Gasteiger partial charge on any atom is 0.269 e. The number of rotatable bonds is 5. The Hall–Kier alpha value is -1.91. The summed E-state index contributed by atoms with van der Waals surface area (Å²) in [6.45, 7) is 4.61. The topological polar surface area (TPSA) is 55.2 Å². The fourth-order valence-corrected chi connectivity index (χ4v) is 2.44. The van der Waals surface area contributed by atoms with E-state index in [-0.39, 0.29) is 11.7 Å². The number of aryl methyl sites for hydroxylation is 1. The van der Waals surface area contributed by atoms with Crippen LogP contribution < -0.4 is 5.32 Å². The van der Waals surface area contributed by atoms with Gasteiger partial charge in [-0.15, -0.1) is 0 Å². The number of benzene rings is 2. The molecule has 0 aromatic heterocycles. The molecule has 0 aliphatic carbocycles. The molecule has 0 fully saturated rings. The highest BCUT2D eigenvalue weighted by Gasteiger charge is 2.12. The van der Waals surface area contributed by atoms with E-state index < -0.39 is 4.92 Å². The first-order valence-corrected chi connectivity index (χ1v) is 7.08. The Balaban J connectivity index is 2.11. The molecule has 0 bridgehead atoms. The molecule has 0 spiro atoms. The zero-order chi connectivity index (χ0) is 15.4. The van der Waals surface area contributed by atoms with E-state index in [0.29, 0.717) is 11.6 Å². The molecular formula is C16H17ClN2O2. The number of nitrogens with one attached hydrogen (secondary N) is 1. The maximum absolute atomic E-state index is 10.8. The van der Waals surface area contributed by atoms with E-state index in [1.807, 2.05) is 12.1 Å². The van der Waals surface area contributed by atoms with E-state index in [0.717, 1.165) is 5.56 Å². The summed E-state index contributed by atoms with van der Waals surface area (Å²) in [6, 6.07) is 12.8. The van der Waals surface area contributed by atoms with Crippen molar-refractivity contribution in [3.05, 3.63) is 74.3 Å². The summed E-state index contributed by atoms with van der Waals surface area (Å²) < 4.78 is 0. The van der Waals surface area contributed by atoms with Gasteiger partial charge in [0.25, 0.3) is 5.69 Å². The Morgan fingerprint density at radius 3 is 2.67 bits per heavy atom. The summed E-state index contributed by atoms with van der Waals surface area (Å²) in [5.74, 6) is 0. The lowest BCUT2D eigenvalue weighted by atomic mass is 10.0. The Morgan fingerprint density at radius 1 is 1.29 bits per heavy atom. The number of nitro groups is 1. The molecule has 0 heterocycles. The summed E-state index contributed by atoms with van der Waals surface area (Å²) in [4.78, 5) is 10.4. The molecule has 0 saturated carbocycles. The van der Waals surface area contributed by atoms with Crippen LogP contribution in [0.5, 0.6) is 0 Å². The molecule has 4 nitrogen and oxygen atoms in total. The van der Waals surface area contributed by atoms with E-state index in [4.69, 9.17) is 11.6 Å². The summed E-state index contributed by atoms with van der Waals surface area (Å²) in [5, 5.41) is 14.7. The van der Waals surface area contributed by atoms with Gasteiger partial charge in [0.15, 0.2) is 0 Å². The smallest absolute Gasteiger partial charge is 0.269 e. The summed E-state index contributed by atoms with van der Waals surface area (Å²) >= 11 is 6.10. The average molecular weight is 305 g/mol. The molecule has 2 aromatic rings. The average Bonchev–Trinajstić information content (AvgIpc) is 2.46. The minimum absolute atomic E-state index is 0.0553. The number of hydrogen-bond acceptors (Lipinski definition) is 3. The lowest BCUT2D eigenvalue weighted by Gasteiger charge is -2.17. The standard InChI is InChI=1S/C16H17ClN2O2/c1-11-5-3-4-6-15(11)12(2)18-10-13-9-14(19(20)21)7-8-16(13)17/h3-9,12,18H,10H2,1-2H3/t12-/m1/s1. The molecule has 0 aliphatic rings. The fraction of sp³-hybridized carbons (Fsp3) is 0.250. The second-order valence-corrected chi connectivity index (χ2v) is 5.40. The third-order valence-electron chi connectivity index (χ3n) is 3.49. The van der Waals surface area contributed by atoms with Gasteiger partial charge >= 0.3 is 0 Å². The van der Waals surface area contributed by atoms with Crippen molar-refractivity contribution in [3.8, 4) is 0 Å². The molecule has 0 radical (unpaired) electrons. The van der Waals surface area contributed by atoms with Crippen molar-refractivity contribution >= 4 is 17.3 Å². The first kappa shape index (κ1) is 15.5. The maximum atomic E-state index is 10.8. The lowest BCUT2D eigenvalue weighted by Crippen LogP contribution is -2.19. The normalized spacial score (nSPS) is 12.1. The van der Waals surface area contributed by atoms with Crippen molar-refractivity contribution < 1.29 is 4.92 Å². The summed E-state index contributed by atoms with van der Waals surface area (Å²) in [5.41, 5.74) is 3.20. The van der Waals surface area contributed by atoms with Crippen molar-refractivity contribution in [1.82, 2.24) is 5.32 Å². The fourth-order valence-electron chi connectivity index (χ4n) is 2.26. The second-order valence-electron chi connectivity index (χ2n) is 4.99. The molecule has 5 heteroatoms. The third kappa shape index (κ3) is 3.80.